The summed E-state index contributed by atoms with van der Waals surface area (Å²) in [6, 6.07) is 30.4. The Labute approximate surface area is 344 Å². The van der Waals surface area contributed by atoms with Crippen LogP contribution in [0.4, 0.5) is 0 Å². The number of nitrogens with one attached hydrogen (secondary N) is 2. The van der Waals surface area contributed by atoms with Gasteiger partial charge in [-0.1, -0.05) is 0 Å². The third kappa shape index (κ3) is 7.60. The summed E-state index contributed by atoms with van der Waals surface area (Å²) in [7, 11) is 17.6. The zero-order chi connectivity index (χ0) is 40.5. The Morgan fingerprint density at radius 2 is 0.964 bits per heavy atom. The quantitative estimate of drug-likeness (QED) is 0.0921. The average Bonchev–Trinajstić information content (AvgIpc) is 3.75. The van der Waals surface area contributed by atoms with Crippen molar-refractivity contribution >= 4 is 46.7 Å². The van der Waals surface area contributed by atoms with E-state index in [-0.39, 0.29) is 18.2 Å². The summed E-state index contributed by atoms with van der Waals surface area (Å²) < 4.78 is -1.70. The molecule has 0 heterocycles. The Bertz CT molecular complexity index is 2030. The Kier molecular flexibility index (Phi) is 12.6. The van der Waals surface area contributed by atoms with Gasteiger partial charge in [-0.15, -0.1) is 0 Å². The monoisotopic (exact) mass is 955 g/mol. The minimum atomic E-state index is -6.10. The van der Waals surface area contributed by atoms with E-state index in [2.05, 4.69) is 163 Å². The first-order chi connectivity index (χ1) is 26.6. The van der Waals surface area contributed by atoms with Crippen LogP contribution < -0.4 is 10.5 Å². The molecule has 0 saturated carbocycles. The number of carbonyl (C=O) groups is 2. The van der Waals surface area contributed by atoms with Crippen LogP contribution in [0, 0.1) is 0 Å². The first kappa shape index (κ1) is 42.4. The van der Waals surface area contributed by atoms with E-state index in [1.807, 2.05) is 0 Å². The van der Waals surface area contributed by atoms with E-state index < -0.39 is 20.5 Å². The SMILES string of the molecule is CCCCC1=Cc2c(-c3ccccc3C(C)(C)C)cccc2[CH]1[Hf]([Cl])([Cl])([B](NC=O)NC=O)[CH]1C(CCCC)=Cc2c(-c3ccccc3C(C)(C)C)cccc21. The fourth-order valence-electron chi connectivity index (χ4n) is 9.64. The topological polar surface area (TPSA) is 58.2 Å². The fraction of sp³-hybridized carbons (Fsp3) is 0.375. The molecule has 0 spiro atoms. The molecular formula is C48H58BCl2HfN2O2. The van der Waals surface area contributed by atoms with Crippen molar-refractivity contribution in [3.8, 4) is 22.3 Å². The van der Waals surface area contributed by atoms with Gasteiger partial charge in [-0.05, 0) is 0 Å². The molecule has 2 N–H and O–H groups in total. The van der Waals surface area contributed by atoms with Crippen LogP contribution in [0.1, 0.15) is 135 Å². The number of benzene rings is 4. The van der Waals surface area contributed by atoms with E-state index in [1.54, 1.807) is 0 Å². The summed E-state index contributed by atoms with van der Waals surface area (Å²) >= 11 is -6.10. The van der Waals surface area contributed by atoms with Crippen molar-refractivity contribution in [2.75, 3.05) is 0 Å². The van der Waals surface area contributed by atoms with Crippen LogP contribution in [0.5, 0.6) is 0 Å². The van der Waals surface area contributed by atoms with Gasteiger partial charge >= 0.3 is 346 Å². The van der Waals surface area contributed by atoms with E-state index in [0.29, 0.717) is 12.8 Å². The molecule has 4 aromatic rings. The molecule has 2 amide bonds. The third-order valence-corrected chi connectivity index (χ3v) is 40.8. The fourth-order valence-corrected chi connectivity index (χ4v) is 39.3. The second-order valence-corrected chi connectivity index (χ2v) is 48.4. The molecule has 2 aliphatic carbocycles. The third-order valence-electron chi connectivity index (χ3n) is 12.1. The number of amides is 2. The number of halogens is 2. The van der Waals surface area contributed by atoms with Gasteiger partial charge in [0, 0.05) is 0 Å². The van der Waals surface area contributed by atoms with Gasteiger partial charge in [-0.25, -0.2) is 0 Å². The van der Waals surface area contributed by atoms with Crippen LogP contribution in [0.25, 0.3) is 34.4 Å². The molecule has 56 heavy (non-hydrogen) atoms. The van der Waals surface area contributed by atoms with Gasteiger partial charge in [0.2, 0.25) is 0 Å². The molecule has 4 nitrogen and oxygen atoms in total. The van der Waals surface area contributed by atoms with E-state index in [0.717, 1.165) is 71.9 Å². The number of rotatable bonds is 15. The molecule has 0 saturated heterocycles. The Morgan fingerprint density at radius 1 is 0.589 bits per heavy atom. The Balaban J connectivity index is 1.69. The molecule has 0 aromatic heterocycles. The maximum absolute atomic E-state index is 12.7. The predicted molar refractivity (Wildman–Crippen MR) is 238 cm³/mol. The molecule has 0 radical (unpaired) electrons. The predicted octanol–water partition coefficient (Wildman–Crippen LogP) is 13.0. The summed E-state index contributed by atoms with van der Waals surface area (Å²) in [6.07, 6.45) is 11.6. The summed E-state index contributed by atoms with van der Waals surface area (Å²) in [5.41, 5.74) is 13.8. The van der Waals surface area contributed by atoms with Gasteiger partial charge in [0.15, 0.2) is 0 Å². The zero-order valence-electron chi connectivity index (χ0n) is 34.4. The van der Waals surface area contributed by atoms with Crippen molar-refractivity contribution in [2.45, 2.75) is 112 Å². The van der Waals surface area contributed by atoms with Crippen LogP contribution in [0.3, 0.4) is 0 Å². The number of hydrogen-bond donors (Lipinski definition) is 2. The second-order valence-electron chi connectivity index (χ2n) is 17.9. The van der Waals surface area contributed by atoms with Crippen molar-refractivity contribution in [1.29, 1.82) is 0 Å². The summed E-state index contributed by atoms with van der Waals surface area (Å²) in [4.78, 5) is 25.3. The van der Waals surface area contributed by atoms with Gasteiger partial charge in [0.25, 0.3) is 0 Å². The first-order valence-corrected chi connectivity index (χ1v) is 35.6. The van der Waals surface area contributed by atoms with Crippen LogP contribution in [0.2, 0.25) is 0 Å². The molecule has 0 bridgehead atoms. The molecule has 4 aromatic carbocycles. The minimum absolute atomic E-state index is 0.0848. The summed E-state index contributed by atoms with van der Waals surface area (Å²) in [5.74, 6) is 0. The average molecular weight is 955 g/mol. The second kappa shape index (κ2) is 16.6. The summed E-state index contributed by atoms with van der Waals surface area (Å²) in [5, 5.41) is 6.08. The molecule has 8 heteroatoms. The summed E-state index contributed by atoms with van der Waals surface area (Å²) in [6.45, 7) is 17.9. The first-order valence-electron chi connectivity index (χ1n) is 20.4. The number of allylic oxidation sites excluding steroid dienone is 2. The van der Waals surface area contributed by atoms with Crippen molar-refractivity contribution in [1.82, 2.24) is 10.5 Å². The maximum atomic E-state index is 12.7. The number of unbranched alkanes of at least 4 members (excludes halogenated alkanes) is 2. The van der Waals surface area contributed by atoms with E-state index in [9.17, 15) is 9.59 Å². The van der Waals surface area contributed by atoms with Gasteiger partial charge in [-0.3, -0.25) is 0 Å². The van der Waals surface area contributed by atoms with Crippen LogP contribution >= 0.6 is 17.2 Å². The normalized spacial score (nSPS) is 17.2. The molecule has 6 rings (SSSR count). The molecule has 0 fully saturated rings. The van der Waals surface area contributed by atoms with Gasteiger partial charge in [-0.2, -0.15) is 0 Å². The van der Waals surface area contributed by atoms with Crippen LogP contribution in [0.15, 0.2) is 96.1 Å². The van der Waals surface area contributed by atoms with Gasteiger partial charge in [0.1, 0.15) is 0 Å². The van der Waals surface area contributed by atoms with Crippen LogP contribution in [-0.4, -0.2) is 17.4 Å². The number of hydrogen-bond acceptors (Lipinski definition) is 2. The van der Waals surface area contributed by atoms with Crippen molar-refractivity contribution in [2.24, 2.45) is 0 Å². The molecular weight excluding hydrogens is 897 g/mol. The molecule has 2 aliphatic rings. The Morgan fingerprint density at radius 3 is 1.32 bits per heavy atom. The van der Waals surface area contributed by atoms with Crippen molar-refractivity contribution in [3.05, 3.63) is 129 Å². The molecule has 2 unspecified atom stereocenters. The number of fused-ring (bicyclic) bond motifs is 2. The Hall–Kier alpha value is -3.18. The van der Waals surface area contributed by atoms with Crippen molar-refractivity contribution < 1.29 is 25.5 Å². The van der Waals surface area contributed by atoms with E-state index in [1.165, 1.54) is 33.4 Å². The van der Waals surface area contributed by atoms with Gasteiger partial charge in [0.05, 0.1) is 0 Å². The van der Waals surface area contributed by atoms with Gasteiger partial charge < -0.3 is 0 Å². The molecule has 0 aliphatic heterocycles. The van der Waals surface area contributed by atoms with Crippen molar-refractivity contribution in [3.63, 3.8) is 0 Å². The standard InChI is InChI=1S/2C23H27.C2H3BN2O2.2ClH.Hf/c2*1-5-6-10-17-15-18-11-9-13-19(21(18)16-17)20-12-7-8-14-22(20)23(2,3)4;6-1-4-3-5-2-7;;;/h2*7-9,11-16H,5-6,10H2,1-4H3;1-2H,(H-,4,5,6,7);2*1H;/q;;;;;+1/p-1. The molecule has 293 valence electrons. The molecule has 2 atom stereocenters. The van der Waals surface area contributed by atoms with E-state index >= 15 is 0 Å². The number of carbonyl (C=O) groups excluding carboxylic acids is 2. The van der Waals surface area contributed by atoms with Crippen LogP contribution in [-0.2, 0) is 36.3 Å². The van der Waals surface area contributed by atoms with E-state index in [4.69, 9.17) is 17.2 Å². The zero-order valence-corrected chi connectivity index (χ0v) is 39.5.